The van der Waals surface area contributed by atoms with Gasteiger partial charge in [-0.1, -0.05) is 17.7 Å². The second-order valence-electron chi connectivity index (χ2n) is 5.18. The van der Waals surface area contributed by atoms with E-state index in [1.807, 2.05) is 44.2 Å². The number of hydrogen-bond acceptors (Lipinski definition) is 3. The molecule has 1 aromatic carbocycles. The monoisotopic (exact) mass is 292 g/mol. The van der Waals surface area contributed by atoms with E-state index in [1.54, 1.807) is 18.5 Å². The van der Waals surface area contributed by atoms with Crippen LogP contribution in [0.25, 0.3) is 11.3 Å². The molecule has 3 aromatic rings. The number of amides is 1. The molecule has 0 aliphatic carbocycles. The summed E-state index contributed by atoms with van der Waals surface area (Å²) in [7, 11) is 0. The molecule has 5 heteroatoms. The Kier molecular flexibility index (Phi) is 3.70. The van der Waals surface area contributed by atoms with Crippen LogP contribution in [0.1, 0.15) is 21.5 Å². The molecule has 0 unspecified atom stereocenters. The molecule has 22 heavy (non-hydrogen) atoms. The first kappa shape index (κ1) is 14.0. The third kappa shape index (κ3) is 2.88. The van der Waals surface area contributed by atoms with Gasteiger partial charge in [0.2, 0.25) is 0 Å². The van der Waals surface area contributed by atoms with Gasteiger partial charge in [-0.3, -0.25) is 14.9 Å². The first-order valence-electron chi connectivity index (χ1n) is 6.98. The van der Waals surface area contributed by atoms with Gasteiger partial charge in [0.05, 0.1) is 5.69 Å². The van der Waals surface area contributed by atoms with E-state index in [1.165, 1.54) is 0 Å². The Labute approximate surface area is 128 Å². The van der Waals surface area contributed by atoms with Crippen molar-refractivity contribution in [3.8, 4) is 11.3 Å². The van der Waals surface area contributed by atoms with Crippen LogP contribution >= 0.6 is 0 Å². The Bertz CT molecular complexity index is 809. The largest absolute Gasteiger partial charge is 0.305 e. The summed E-state index contributed by atoms with van der Waals surface area (Å²) in [6.07, 6.45) is 3.43. The Morgan fingerprint density at radius 3 is 2.64 bits per heavy atom. The van der Waals surface area contributed by atoms with Crippen LogP contribution in [-0.2, 0) is 0 Å². The number of nitrogens with zero attached hydrogens (tertiary/aromatic N) is 2. The van der Waals surface area contributed by atoms with Crippen molar-refractivity contribution >= 4 is 11.7 Å². The third-order valence-electron chi connectivity index (χ3n) is 3.45. The van der Waals surface area contributed by atoms with Crippen molar-refractivity contribution in [1.82, 2.24) is 15.2 Å². The number of aryl methyl sites for hydroxylation is 2. The number of pyridine rings is 1. The maximum atomic E-state index is 12.4. The predicted molar refractivity (Wildman–Crippen MR) is 85.7 cm³/mol. The average Bonchev–Trinajstić information content (AvgIpc) is 2.99. The molecular weight excluding hydrogens is 276 g/mol. The highest BCUT2D eigenvalue weighted by Gasteiger charge is 2.11. The molecule has 2 N–H and O–H groups in total. The van der Waals surface area contributed by atoms with Gasteiger partial charge in [-0.15, -0.1) is 0 Å². The van der Waals surface area contributed by atoms with Gasteiger partial charge in [0.1, 0.15) is 0 Å². The highest BCUT2D eigenvalue weighted by Crippen LogP contribution is 2.19. The van der Waals surface area contributed by atoms with E-state index in [2.05, 4.69) is 20.5 Å². The minimum Gasteiger partial charge on any atom is -0.305 e. The normalized spacial score (nSPS) is 10.5. The van der Waals surface area contributed by atoms with E-state index in [-0.39, 0.29) is 5.91 Å². The number of anilines is 1. The van der Waals surface area contributed by atoms with Crippen LogP contribution in [0.5, 0.6) is 0 Å². The molecule has 0 atom stereocenters. The number of hydrogen-bond donors (Lipinski definition) is 2. The van der Waals surface area contributed by atoms with Crippen LogP contribution in [-0.4, -0.2) is 21.1 Å². The highest BCUT2D eigenvalue weighted by atomic mass is 16.1. The Morgan fingerprint density at radius 2 is 1.86 bits per heavy atom. The Balaban J connectivity index is 1.81. The summed E-state index contributed by atoms with van der Waals surface area (Å²) in [5, 5.41) is 9.86. The van der Waals surface area contributed by atoms with E-state index in [9.17, 15) is 4.79 Å². The zero-order valence-corrected chi connectivity index (χ0v) is 12.4. The van der Waals surface area contributed by atoms with Gasteiger partial charge in [0.25, 0.3) is 5.91 Å². The fourth-order valence-corrected chi connectivity index (χ4v) is 2.23. The maximum absolute atomic E-state index is 12.4. The van der Waals surface area contributed by atoms with E-state index in [0.717, 1.165) is 22.4 Å². The highest BCUT2D eigenvalue weighted by molar-refractivity contribution is 6.05. The van der Waals surface area contributed by atoms with Gasteiger partial charge in [-0.25, -0.2) is 0 Å². The van der Waals surface area contributed by atoms with Gasteiger partial charge < -0.3 is 5.32 Å². The van der Waals surface area contributed by atoms with Crippen molar-refractivity contribution in [2.45, 2.75) is 13.8 Å². The minimum absolute atomic E-state index is 0.158. The maximum Gasteiger partial charge on any atom is 0.257 e. The lowest BCUT2D eigenvalue weighted by molar-refractivity contribution is 0.102. The van der Waals surface area contributed by atoms with E-state index in [0.29, 0.717) is 11.4 Å². The molecule has 0 radical (unpaired) electrons. The summed E-state index contributed by atoms with van der Waals surface area (Å²) in [4.78, 5) is 16.3. The molecule has 2 aromatic heterocycles. The predicted octanol–water partition coefficient (Wildman–Crippen LogP) is 3.34. The summed E-state index contributed by atoms with van der Waals surface area (Å²) in [6.45, 7) is 3.88. The summed E-state index contributed by atoms with van der Waals surface area (Å²) in [6, 6.07) is 11.4. The number of aromatic amines is 1. The van der Waals surface area contributed by atoms with Crippen LogP contribution < -0.4 is 5.32 Å². The van der Waals surface area contributed by atoms with Crippen LogP contribution in [0.3, 0.4) is 0 Å². The lowest BCUT2D eigenvalue weighted by Crippen LogP contribution is -2.13. The van der Waals surface area contributed by atoms with E-state index in [4.69, 9.17) is 0 Å². The zero-order chi connectivity index (χ0) is 15.5. The Morgan fingerprint density at radius 1 is 1.09 bits per heavy atom. The van der Waals surface area contributed by atoms with Crippen molar-refractivity contribution in [2.24, 2.45) is 0 Å². The quantitative estimate of drug-likeness (QED) is 0.777. The van der Waals surface area contributed by atoms with Crippen LogP contribution in [0, 0.1) is 13.8 Å². The van der Waals surface area contributed by atoms with E-state index < -0.39 is 0 Å². The molecule has 0 aliphatic rings. The van der Waals surface area contributed by atoms with Gasteiger partial charge in [0.15, 0.2) is 5.82 Å². The number of carbonyl (C=O) groups excluding carboxylic acids is 1. The first-order chi connectivity index (χ1) is 10.6. The fraction of sp³-hybridized carbons (Fsp3) is 0.118. The van der Waals surface area contributed by atoms with E-state index >= 15 is 0 Å². The summed E-state index contributed by atoms with van der Waals surface area (Å²) >= 11 is 0. The number of rotatable bonds is 3. The van der Waals surface area contributed by atoms with Gasteiger partial charge in [0, 0.05) is 29.6 Å². The molecule has 2 heterocycles. The lowest BCUT2D eigenvalue weighted by atomic mass is 10.1. The smallest absolute Gasteiger partial charge is 0.257 e. The number of H-pyrrole nitrogens is 1. The van der Waals surface area contributed by atoms with Gasteiger partial charge >= 0.3 is 0 Å². The second kappa shape index (κ2) is 5.81. The fourth-order valence-electron chi connectivity index (χ4n) is 2.23. The van der Waals surface area contributed by atoms with Crippen molar-refractivity contribution < 1.29 is 4.79 Å². The molecule has 0 saturated carbocycles. The molecule has 0 fully saturated rings. The standard InChI is InChI=1S/C17H16N4O/c1-11-3-4-12(2)14(9-11)17(22)19-16-10-15(20-21-16)13-5-7-18-8-6-13/h3-10H,1-2H3,(H2,19,20,21,22). The molecule has 110 valence electrons. The second-order valence-corrected chi connectivity index (χ2v) is 5.18. The molecule has 5 nitrogen and oxygen atoms in total. The van der Waals surface area contributed by atoms with Crippen LogP contribution in [0.2, 0.25) is 0 Å². The van der Waals surface area contributed by atoms with Gasteiger partial charge in [-0.05, 0) is 37.6 Å². The number of benzene rings is 1. The molecule has 0 spiro atoms. The lowest BCUT2D eigenvalue weighted by Gasteiger charge is -2.06. The number of carbonyl (C=O) groups is 1. The molecule has 0 saturated heterocycles. The number of nitrogens with one attached hydrogen (secondary N) is 2. The van der Waals surface area contributed by atoms with Crippen LogP contribution in [0.15, 0.2) is 48.8 Å². The third-order valence-corrected chi connectivity index (χ3v) is 3.45. The SMILES string of the molecule is Cc1ccc(C)c(C(=O)Nc2cc(-c3ccncc3)[nH]n2)c1. The topological polar surface area (TPSA) is 70.7 Å². The average molecular weight is 292 g/mol. The van der Waals surface area contributed by atoms with Gasteiger partial charge in [-0.2, -0.15) is 5.10 Å². The molecular formula is C17H16N4O. The van der Waals surface area contributed by atoms with Crippen LogP contribution in [0.4, 0.5) is 5.82 Å². The van der Waals surface area contributed by atoms with Crippen molar-refractivity contribution in [3.63, 3.8) is 0 Å². The van der Waals surface area contributed by atoms with Crippen molar-refractivity contribution in [2.75, 3.05) is 5.32 Å². The molecule has 3 rings (SSSR count). The zero-order valence-electron chi connectivity index (χ0n) is 12.4. The summed E-state index contributed by atoms with van der Waals surface area (Å²) < 4.78 is 0. The first-order valence-corrected chi connectivity index (χ1v) is 6.98. The minimum atomic E-state index is -0.158. The van der Waals surface area contributed by atoms with Crippen molar-refractivity contribution in [3.05, 3.63) is 65.5 Å². The number of aromatic nitrogens is 3. The Hall–Kier alpha value is -2.95. The molecule has 0 bridgehead atoms. The molecule has 1 amide bonds. The summed E-state index contributed by atoms with van der Waals surface area (Å²) in [5.74, 6) is 0.340. The summed E-state index contributed by atoms with van der Waals surface area (Å²) in [5.41, 5.74) is 4.45. The molecule has 0 aliphatic heterocycles. The van der Waals surface area contributed by atoms with Crippen molar-refractivity contribution in [1.29, 1.82) is 0 Å².